The lowest BCUT2D eigenvalue weighted by atomic mass is 10.0. The first-order valence-electron chi connectivity index (χ1n) is 13.1. The summed E-state index contributed by atoms with van der Waals surface area (Å²) in [4.78, 5) is 29.2. The lowest BCUT2D eigenvalue weighted by Gasteiger charge is -2.32. The molecule has 0 fully saturated rings. The summed E-state index contributed by atoms with van der Waals surface area (Å²) in [6, 6.07) is 24.0. The van der Waals surface area contributed by atoms with Crippen LogP contribution < -0.4 is 5.32 Å². The summed E-state index contributed by atoms with van der Waals surface area (Å²) in [5.41, 5.74) is 6.89. The minimum absolute atomic E-state index is 0.0159. The van der Waals surface area contributed by atoms with Gasteiger partial charge in [0.1, 0.15) is 6.04 Å². The van der Waals surface area contributed by atoms with E-state index >= 15 is 0 Å². The van der Waals surface area contributed by atoms with Crippen molar-refractivity contribution in [3.8, 4) is 0 Å². The van der Waals surface area contributed by atoms with E-state index in [0.717, 1.165) is 28.9 Å². The number of hydrogen-bond donors (Lipinski definition) is 1. The van der Waals surface area contributed by atoms with Gasteiger partial charge in [0.25, 0.3) is 0 Å². The van der Waals surface area contributed by atoms with E-state index in [4.69, 9.17) is 0 Å². The lowest BCUT2D eigenvalue weighted by Crippen LogP contribution is -2.52. The van der Waals surface area contributed by atoms with E-state index in [2.05, 4.69) is 57.3 Å². The van der Waals surface area contributed by atoms with Crippen LogP contribution in [0.15, 0.2) is 72.8 Å². The smallest absolute Gasteiger partial charge is 0.243 e. The standard InChI is InChI=1S/C32H40N2O2S/c1-6-26(5)33-32(36)30(19-27-13-8-7-9-14-27)34(20-29-15-11-10-12-25(29)4)31(35)22-37-21-28-17-23(2)16-24(3)18-28/h7-18,26,30H,6,19-22H2,1-5H3,(H,33,36)/t26-,30+/m0/s1. The van der Waals surface area contributed by atoms with Gasteiger partial charge < -0.3 is 10.2 Å². The van der Waals surface area contributed by atoms with Crippen LogP contribution in [-0.2, 0) is 28.3 Å². The predicted octanol–water partition coefficient (Wildman–Crippen LogP) is 6.40. The van der Waals surface area contributed by atoms with Gasteiger partial charge in [-0.2, -0.15) is 0 Å². The molecule has 0 bridgehead atoms. The number of carbonyl (C=O) groups is 2. The van der Waals surface area contributed by atoms with E-state index in [1.165, 1.54) is 16.7 Å². The summed E-state index contributed by atoms with van der Waals surface area (Å²) in [7, 11) is 0. The highest BCUT2D eigenvalue weighted by atomic mass is 32.2. The van der Waals surface area contributed by atoms with Crippen molar-refractivity contribution in [1.29, 1.82) is 0 Å². The highest BCUT2D eigenvalue weighted by Crippen LogP contribution is 2.21. The largest absolute Gasteiger partial charge is 0.352 e. The van der Waals surface area contributed by atoms with E-state index in [0.29, 0.717) is 18.7 Å². The second-order valence-electron chi connectivity index (χ2n) is 9.96. The average molecular weight is 517 g/mol. The Bertz CT molecular complexity index is 1160. The molecule has 0 heterocycles. The van der Waals surface area contributed by atoms with Crippen molar-refractivity contribution in [3.63, 3.8) is 0 Å². The van der Waals surface area contributed by atoms with Gasteiger partial charge >= 0.3 is 0 Å². The molecule has 0 unspecified atom stereocenters. The van der Waals surface area contributed by atoms with Crippen LogP contribution in [0.2, 0.25) is 0 Å². The Morgan fingerprint density at radius 1 is 0.892 bits per heavy atom. The van der Waals surface area contributed by atoms with Crippen LogP contribution >= 0.6 is 11.8 Å². The zero-order valence-corrected chi connectivity index (χ0v) is 23.6. The molecule has 3 rings (SSSR count). The Morgan fingerprint density at radius 2 is 1.54 bits per heavy atom. The fraction of sp³-hybridized carbons (Fsp3) is 0.375. The minimum Gasteiger partial charge on any atom is -0.352 e. The fourth-order valence-corrected chi connectivity index (χ4v) is 5.30. The molecule has 0 aromatic heterocycles. The van der Waals surface area contributed by atoms with E-state index in [1.807, 2.05) is 55.5 Å². The Hall–Kier alpha value is -3.05. The summed E-state index contributed by atoms with van der Waals surface area (Å²) < 4.78 is 0. The number of hydrogen-bond acceptors (Lipinski definition) is 3. The number of carbonyl (C=O) groups excluding carboxylic acids is 2. The quantitative estimate of drug-likeness (QED) is 0.303. The second-order valence-corrected chi connectivity index (χ2v) is 10.9. The van der Waals surface area contributed by atoms with Gasteiger partial charge in [-0.05, 0) is 56.4 Å². The van der Waals surface area contributed by atoms with Gasteiger partial charge in [-0.3, -0.25) is 9.59 Å². The van der Waals surface area contributed by atoms with Crippen molar-refractivity contribution < 1.29 is 9.59 Å². The number of amides is 2. The van der Waals surface area contributed by atoms with E-state index in [-0.39, 0.29) is 17.9 Å². The number of nitrogens with one attached hydrogen (secondary N) is 1. The third-order valence-electron chi connectivity index (χ3n) is 6.65. The topological polar surface area (TPSA) is 49.4 Å². The maximum atomic E-state index is 13.8. The van der Waals surface area contributed by atoms with Crippen molar-refractivity contribution in [2.24, 2.45) is 0 Å². The Labute approximate surface area is 226 Å². The van der Waals surface area contributed by atoms with Crippen molar-refractivity contribution in [2.75, 3.05) is 5.75 Å². The number of rotatable bonds is 12. The molecule has 196 valence electrons. The molecule has 3 aromatic carbocycles. The van der Waals surface area contributed by atoms with Crippen molar-refractivity contribution in [2.45, 2.75) is 71.8 Å². The molecule has 0 saturated heterocycles. The molecular weight excluding hydrogens is 476 g/mol. The first-order chi connectivity index (χ1) is 17.8. The van der Waals surface area contributed by atoms with Gasteiger partial charge in [0.2, 0.25) is 11.8 Å². The number of benzene rings is 3. The van der Waals surface area contributed by atoms with Crippen LogP contribution in [0, 0.1) is 20.8 Å². The lowest BCUT2D eigenvalue weighted by molar-refractivity contribution is -0.139. The third-order valence-corrected chi connectivity index (χ3v) is 7.64. The monoisotopic (exact) mass is 516 g/mol. The maximum absolute atomic E-state index is 13.8. The van der Waals surface area contributed by atoms with Gasteiger partial charge in [-0.15, -0.1) is 11.8 Å². The first kappa shape index (κ1) is 28.5. The Balaban J connectivity index is 1.87. The second kappa shape index (κ2) is 14.0. The van der Waals surface area contributed by atoms with Crippen molar-refractivity contribution in [1.82, 2.24) is 10.2 Å². The molecule has 0 radical (unpaired) electrons. The Morgan fingerprint density at radius 3 is 2.19 bits per heavy atom. The highest BCUT2D eigenvalue weighted by molar-refractivity contribution is 7.99. The third kappa shape index (κ3) is 8.78. The summed E-state index contributed by atoms with van der Waals surface area (Å²) in [5, 5.41) is 3.14. The molecule has 37 heavy (non-hydrogen) atoms. The summed E-state index contributed by atoms with van der Waals surface area (Å²) in [6.07, 6.45) is 1.31. The van der Waals surface area contributed by atoms with E-state index in [1.54, 1.807) is 16.7 Å². The molecule has 0 spiro atoms. The first-order valence-corrected chi connectivity index (χ1v) is 14.3. The zero-order valence-electron chi connectivity index (χ0n) is 22.8. The average Bonchev–Trinajstić information content (AvgIpc) is 2.87. The molecular formula is C32H40N2O2S. The molecule has 0 aliphatic heterocycles. The molecule has 3 aromatic rings. The number of aryl methyl sites for hydroxylation is 3. The summed E-state index contributed by atoms with van der Waals surface area (Å²) in [5.74, 6) is 0.965. The van der Waals surface area contributed by atoms with E-state index in [9.17, 15) is 9.59 Å². The highest BCUT2D eigenvalue weighted by Gasteiger charge is 2.31. The van der Waals surface area contributed by atoms with E-state index < -0.39 is 6.04 Å². The molecule has 1 N–H and O–H groups in total. The van der Waals surface area contributed by atoms with Gasteiger partial charge in [-0.25, -0.2) is 0 Å². The SMILES string of the molecule is CC[C@H](C)NC(=O)[C@@H](Cc1ccccc1)N(Cc1ccccc1C)C(=O)CSCc1cc(C)cc(C)c1. The van der Waals surface area contributed by atoms with Crippen LogP contribution in [0.3, 0.4) is 0 Å². The Kier molecular flexibility index (Phi) is 10.8. The zero-order chi connectivity index (χ0) is 26.8. The van der Waals surface area contributed by atoms with Gasteiger partial charge in [0.05, 0.1) is 5.75 Å². The summed E-state index contributed by atoms with van der Waals surface area (Å²) >= 11 is 1.61. The normalized spacial score (nSPS) is 12.6. The molecule has 5 heteroatoms. The minimum atomic E-state index is -0.592. The molecule has 0 aliphatic carbocycles. The van der Waals surface area contributed by atoms with Crippen LogP contribution in [0.5, 0.6) is 0 Å². The molecule has 0 saturated carbocycles. The number of nitrogens with zero attached hydrogens (tertiary/aromatic N) is 1. The van der Waals surface area contributed by atoms with Gasteiger partial charge in [0.15, 0.2) is 0 Å². The molecule has 2 atom stereocenters. The fourth-order valence-electron chi connectivity index (χ4n) is 4.46. The molecule has 4 nitrogen and oxygen atoms in total. The predicted molar refractivity (Wildman–Crippen MR) is 156 cm³/mol. The van der Waals surface area contributed by atoms with Crippen LogP contribution in [-0.4, -0.2) is 34.6 Å². The van der Waals surface area contributed by atoms with Crippen LogP contribution in [0.25, 0.3) is 0 Å². The molecule has 0 aliphatic rings. The van der Waals surface area contributed by atoms with Crippen molar-refractivity contribution in [3.05, 3.63) is 106 Å². The number of thioether (sulfide) groups is 1. The van der Waals surface area contributed by atoms with Gasteiger partial charge in [-0.1, -0.05) is 90.8 Å². The van der Waals surface area contributed by atoms with Crippen LogP contribution in [0.4, 0.5) is 0 Å². The van der Waals surface area contributed by atoms with Crippen molar-refractivity contribution >= 4 is 23.6 Å². The maximum Gasteiger partial charge on any atom is 0.243 e. The molecule has 2 amide bonds. The van der Waals surface area contributed by atoms with Gasteiger partial charge in [0, 0.05) is 24.8 Å². The van der Waals surface area contributed by atoms with Crippen LogP contribution in [0.1, 0.15) is 53.6 Å². The summed E-state index contributed by atoms with van der Waals surface area (Å²) in [6.45, 7) is 10.7.